The maximum Gasteiger partial charge on any atom is 0.0489 e. The Bertz CT molecular complexity index is 297. The van der Waals surface area contributed by atoms with Crippen molar-refractivity contribution in [3.8, 4) is 0 Å². The highest BCUT2D eigenvalue weighted by Crippen LogP contribution is 2.24. The van der Waals surface area contributed by atoms with E-state index in [1.54, 1.807) is 0 Å². The SMILES string of the molecule is CNCC(C)(C)Nc1ccccc1Br. The minimum atomic E-state index is 0.0542. The van der Waals surface area contributed by atoms with Crippen molar-refractivity contribution in [2.75, 3.05) is 18.9 Å². The average molecular weight is 257 g/mol. The van der Waals surface area contributed by atoms with Crippen LogP contribution in [0.5, 0.6) is 0 Å². The van der Waals surface area contributed by atoms with Gasteiger partial charge >= 0.3 is 0 Å². The third kappa shape index (κ3) is 3.31. The second kappa shape index (κ2) is 4.80. The highest BCUT2D eigenvalue weighted by Gasteiger charge is 2.16. The molecule has 14 heavy (non-hydrogen) atoms. The molecule has 0 radical (unpaired) electrons. The summed E-state index contributed by atoms with van der Waals surface area (Å²) in [5.41, 5.74) is 1.19. The van der Waals surface area contributed by atoms with Gasteiger partial charge in [-0.05, 0) is 49.0 Å². The standard InChI is InChI=1S/C11H17BrN2/c1-11(2,8-13-3)14-10-7-5-4-6-9(10)12/h4-7,13-14H,8H2,1-3H3. The van der Waals surface area contributed by atoms with Gasteiger partial charge in [0.25, 0.3) is 0 Å². The maximum absolute atomic E-state index is 3.52. The van der Waals surface area contributed by atoms with E-state index in [1.807, 2.05) is 25.2 Å². The van der Waals surface area contributed by atoms with Crippen molar-refractivity contribution < 1.29 is 0 Å². The zero-order valence-corrected chi connectivity index (χ0v) is 10.5. The van der Waals surface area contributed by atoms with E-state index >= 15 is 0 Å². The van der Waals surface area contributed by atoms with E-state index in [1.165, 1.54) is 0 Å². The Hall–Kier alpha value is -0.540. The van der Waals surface area contributed by atoms with Gasteiger partial charge in [0.15, 0.2) is 0 Å². The van der Waals surface area contributed by atoms with Gasteiger partial charge in [-0.25, -0.2) is 0 Å². The molecule has 0 saturated heterocycles. The molecule has 0 heterocycles. The third-order valence-corrected chi connectivity index (χ3v) is 2.66. The van der Waals surface area contributed by atoms with E-state index in [0.29, 0.717) is 0 Å². The Morgan fingerprint density at radius 2 is 1.93 bits per heavy atom. The Labute approximate surface area is 94.2 Å². The normalized spacial score (nSPS) is 11.4. The first-order chi connectivity index (χ1) is 6.55. The summed E-state index contributed by atoms with van der Waals surface area (Å²) in [7, 11) is 1.96. The Morgan fingerprint density at radius 1 is 1.29 bits per heavy atom. The van der Waals surface area contributed by atoms with Gasteiger partial charge in [0.1, 0.15) is 0 Å². The Morgan fingerprint density at radius 3 is 2.50 bits per heavy atom. The van der Waals surface area contributed by atoms with Crippen molar-refractivity contribution in [3.05, 3.63) is 28.7 Å². The fraction of sp³-hybridized carbons (Fsp3) is 0.455. The summed E-state index contributed by atoms with van der Waals surface area (Å²) in [5, 5.41) is 6.65. The molecule has 0 saturated carbocycles. The summed E-state index contributed by atoms with van der Waals surface area (Å²) in [4.78, 5) is 0. The molecule has 3 heteroatoms. The summed E-state index contributed by atoms with van der Waals surface area (Å²) in [6.45, 7) is 5.26. The number of benzene rings is 1. The molecule has 0 spiro atoms. The molecule has 1 aromatic rings. The molecule has 2 nitrogen and oxygen atoms in total. The van der Waals surface area contributed by atoms with Crippen molar-refractivity contribution in [1.29, 1.82) is 0 Å². The predicted octanol–water partition coefficient (Wildman–Crippen LogP) is 2.86. The van der Waals surface area contributed by atoms with Gasteiger partial charge < -0.3 is 10.6 Å². The van der Waals surface area contributed by atoms with Gasteiger partial charge in [0.05, 0.1) is 0 Å². The van der Waals surface area contributed by atoms with Gasteiger partial charge in [-0.15, -0.1) is 0 Å². The zero-order chi connectivity index (χ0) is 10.6. The van der Waals surface area contributed by atoms with Crippen LogP contribution in [0.1, 0.15) is 13.8 Å². The van der Waals surface area contributed by atoms with Crippen LogP contribution in [-0.2, 0) is 0 Å². The molecule has 0 atom stereocenters. The first kappa shape index (κ1) is 11.5. The second-order valence-corrected chi connectivity index (χ2v) is 4.87. The summed E-state index contributed by atoms with van der Waals surface area (Å²) in [6, 6.07) is 8.15. The van der Waals surface area contributed by atoms with Crippen LogP contribution in [0.4, 0.5) is 5.69 Å². The van der Waals surface area contributed by atoms with Crippen LogP contribution in [0.25, 0.3) is 0 Å². The lowest BCUT2D eigenvalue weighted by Gasteiger charge is -2.27. The molecule has 1 rings (SSSR count). The highest BCUT2D eigenvalue weighted by atomic mass is 79.9. The quantitative estimate of drug-likeness (QED) is 0.866. The lowest BCUT2D eigenvalue weighted by Crippen LogP contribution is -2.40. The largest absolute Gasteiger partial charge is 0.378 e. The van der Waals surface area contributed by atoms with E-state index in [0.717, 1.165) is 16.7 Å². The molecule has 0 bridgehead atoms. The van der Waals surface area contributed by atoms with E-state index in [-0.39, 0.29) is 5.54 Å². The molecule has 1 aromatic carbocycles. The maximum atomic E-state index is 3.52. The molecule has 0 fully saturated rings. The van der Waals surface area contributed by atoms with Gasteiger partial charge in [-0.1, -0.05) is 12.1 Å². The average Bonchev–Trinajstić information content (AvgIpc) is 2.08. The zero-order valence-electron chi connectivity index (χ0n) is 8.89. The number of hydrogen-bond acceptors (Lipinski definition) is 2. The Balaban J connectivity index is 2.73. The van der Waals surface area contributed by atoms with E-state index in [4.69, 9.17) is 0 Å². The second-order valence-electron chi connectivity index (χ2n) is 4.02. The number of rotatable bonds is 4. The summed E-state index contributed by atoms with van der Waals surface area (Å²) in [6.07, 6.45) is 0. The summed E-state index contributed by atoms with van der Waals surface area (Å²) in [5.74, 6) is 0. The molecular weight excluding hydrogens is 240 g/mol. The van der Waals surface area contributed by atoms with Crippen molar-refractivity contribution in [2.24, 2.45) is 0 Å². The number of para-hydroxylation sites is 1. The van der Waals surface area contributed by atoms with E-state index < -0.39 is 0 Å². The number of nitrogens with one attached hydrogen (secondary N) is 2. The lowest BCUT2D eigenvalue weighted by molar-refractivity contribution is 0.530. The first-order valence-corrected chi connectivity index (χ1v) is 5.52. The molecule has 0 aromatic heterocycles. The minimum Gasteiger partial charge on any atom is -0.378 e. The van der Waals surface area contributed by atoms with Crippen LogP contribution in [-0.4, -0.2) is 19.1 Å². The van der Waals surface area contributed by atoms with Crippen molar-refractivity contribution in [1.82, 2.24) is 5.32 Å². The van der Waals surface area contributed by atoms with Gasteiger partial charge in [0, 0.05) is 22.2 Å². The van der Waals surface area contributed by atoms with Crippen LogP contribution in [0.2, 0.25) is 0 Å². The van der Waals surface area contributed by atoms with Crippen LogP contribution in [0.3, 0.4) is 0 Å². The lowest BCUT2D eigenvalue weighted by atomic mass is 10.1. The van der Waals surface area contributed by atoms with Crippen molar-refractivity contribution in [3.63, 3.8) is 0 Å². The number of likely N-dealkylation sites (N-methyl/N-ethyl adjacent to an activating group) is 1. The van der Waals surface area contributed by atoms with Gasteiger partial charge in [-0.3, -0.25) is 0 Å². The summed E-state index contributed by atoms with van der Waals surface area (Å²) >= 11 is 3.52. The summed E-state index contributed by atoms with van der Waals surface area (Å²) < 4.78 is 1.10. The van der Waals surface area contributed by atoms with Crippen molar-refractivity contribution >= 4 is 21.6 Å². The van der Waals surface area contributed by atoms with E-state index in [9.17, 15) is 0 Å². The van der Waals surface area contributed by atoms with Gasteiger partial charge in [-0.2, -0.15) is 0 Å². The monoisotopic (exact) mass is 256 g/mol. The topological polar surface area (TPSA) is 24.1 Å². The fourth-order valence-electron chi connectivity index (χ4n) is 1.41. The van der Waals surface area contributed by atoms with Crippen LogP contribution >= 0.6 is 15.9 Å². The molecule has 0 aliphatic heterocycles. The number of anilines is 1. The molecular formula is C11H17BrN2. The van der Waals surface area contributed by atoms with E-state index in [2.05, 4.69) is 46.5 Å². The van der Waals surface area contributed by atoms with Crippen LogP contribution in [0.15, 0.2) is 28.7 Å². The molecule has 0 amide bonds. The number of hydrogen-bond donors (Lipinski definition) is 2. The number of halogens is 1. The highest BCUT2D eigenvalue weighted by molar-refractivity contribution is 9.10. The molecule has 0 aliphatic rings. The molecule has 2 N–H and O–H groups in total. The predicted molar refractivity (Wildman–Crippen MR) is 65.8 cm³/mol. The van der Waals surface area contributed by atoms with Crippen LogP contribution < -0.4 is 10.6 Å². The molecule has 0 aliphatic carbocycles. The van der Waals surface area contributed by atoms with Crippen LogP contribution in [0, 0.1) is 0 Å². The third-order valence-electron chi connectivity index (χ3n) is 1.97. The fourth-order valence-corrected chi connectivity index (χ4v) is 1.80. The Kier molecular flexibility index (Phi) is 3.96. The van der Waals surface area contributed by atoms with Gasteiger partial charge in [0.2, 0.25) is 0 Å². The minimum absolute atomic E-state index is 0.0542. The van der Waals surface area contributed by atoms with Crippen molar-refractivity contribution in [2.45, 2.75) is 19.4 Å². The molecule has 0 unspecified atom stereocenters. The molecule has 78 valence electrons. The first-order valence-electron chi connectivity index (χ1n) is 4.72. The smallest absolute Gasteiger partial charge is 0.0489 e.